The summed E-state index contributed by atoms with van der Waals surface area (Å²) in [7, 11) is 0. The maximum absolute atomic E-state index is 11.2. The lowest BCUT2D eigenvalue weighted by molar-refractivity contribution is -0.125. The number of ketones is 1. The van der Waals surface area contributed by atoms with E-state index >= 15 is 0 Å². The van der Waals surface area contributed by atoms with E-state index in [0.717, 1.165) is 17.5 Å². The number of carbonyl (C=O) groups excluding carboxylic acids is 1. The van der Waals surface area contributed by atoms with E-state index in [-0.39, 0.29) is 11.7 Å². The zero-order valence-corrected chi connectivity index (χ0v) is 7.58. The maximum Gasteiger partial charge on any atom is 0.140 e. The fraction of sp³-hybridized carbons (Fsp3) is 0.364. The van der Waals surface area contributed by atoms with Gasteiger partial charge >= 0.3 is 0 Å². The average molecular weight is 176 g/mol. The minimum absolute atomic E-state index is 0.0418. The van der Waals surface area contributed by atoms with E-state index in [1.165, 1.54) is 0 Å². The SMILES string of the molecule is Cc1cccc(C2CCC2=O)c1O. The number of Topliss-reactive ketones (excluding diaryl/α,β-unsaturated/α-hetero) is 1. The number of benzene rings is 1. The largest absolute Gasteiger partial charge is 0.507 e. The molecular formula is C11H12O2. The molecule has 2 heteroatoms. The third kappa shape index (κ3) is 1.22. The monoisotopic (exact) mass is 176 g/mol. The lowest BCUT2D eigenvalue weighted by Crippen LogP contribution is -2.23. The lowest BCUT2D eigenvalue weighted by Gasteiger charge is -2.25. The Bertz CT molecular complexity index is 355. The first-order chi connectivity index (χ1) is 6.20. The van der Waals surface area contributed by atoms with Crippen molar-refractivity contribution in [1.29, 1.82) is 0 Å². The van der Waals surface area contributed by atoms with E-state index in [2.05, 4.69) is 0 Å². The van der Waals surface area contributed by atoms with Crippen molar-refractivity contribution in [2.24, 2.45) is 0 Å². The van der Waals surface area contributed by atoms with Crippen LogP contribution in [0.25, 0.3) is 0 Å². The summed E-state index contributed by atoms with van der Waals surface area (Å²) in [4.78, 5) is 11.2. The quantitative estimate of drug-likeness (QED) is 0.711. The predicted molar refractivity (Wildman–Crippen MR) is 49.8 cm³/mol. The summed E-state index contributed by atoms with van der Waals surface area (Å²) in [5, 5.41) is 9.70. The van der Waals surface area contributed by atoms with Gasteiger partial charge in [-0.25, -0.2) is 0 Å². The van der Waals surface area contributed by atoms with Gasteiger partial charge in [-0.1, -0.05) is 18.2 Å². The van der Waals surface area contributed by atoms with Gasteiger partial charge in [-0.2, -0.15) is 0 Å². The molecule has 0 heterocycles. The first-order valence-corrected chi connectivity index (χ1v) is 4.51. The highest BCUT2D eigenvalue weighted by molar-refractivity contribution is 5.91. The van der Waals surface area contributed by atoms with Crippen molar-refractivity contribution in [2.75, 3.05) is 0 Å². The molecule has 0 aliphatic heterocycles. The van der Waals surface area contributed by atoms with Crippen molar-refractivity contribution in [1.82, 2.24) is 0 Å². The van der Waals surface area contributed by atoms with E-state index in [1.54, 1.807) is 0 Å². The molecule has 1 saturated carbocycles. The third-order valence-corrected chi connectivity index (χ3v) is 2.71. The van der Waals surface area contributed by atoms with Crippen LogP contribution in [0.2, 0.25) is 0 Å². The summed E-state index contributed by atoms with van der Waals surface area (Å²) in [5.74, 6) is 0.501. The van der Waals surface area contributed by atoms with Gasteiger partial charge in [0.05, 0.1) is 0 Å². The molecule has 2 nitrogen and oxygen atoms in total. The Morgan fingerprint density at radius 1 is 1.46 bits per heavy atom. The van der Waals surface area contributed by atoms with Gasteiger partial charge in [0.1, 0.15) is 11.5 Å². The molecule has 0 spiro atoms. The van der Waals surface area contributed by atoms with Crippen LogP contribution in [0, 0.1) is 6.92 Å². The molecule has 1 fully saturated rings. The van der Waals surface area contributed by atoms with Crippen LogP contribution < -0.4 is 0 Å². The second kappa shape index (κ2) is 2.87. The van der Waals surface area contributed by atoms with E-state index in [4.69, 9.17) is 0 Å². The van der Waals surface area contributed by atoms with Gasteiger partial charge in [-0.05, 0) is 18.9 Å². The Kier molecular flexibility index (Phi) is 1.83. The molecule has 1 N–H and O–H groups in total. The first kappa shape index (κ1) is 8.30. The number of rotatable bonds is 1. The van der Waals surface area contributed by atoms with Crippen LogP contribution in [0.15, 0.2) is 18.2 Å². The smallest absolute Gasteiger partial charge is 0.140 e. The van der Waals surface area contributed by atoms with Crippen LogP contribution in [0.4, 0.5) is 0 Å². The van der Waals surface area contributed by atoms with Crippen molar-refractivity contribution in [3.8, 4) is 5.75 Å². The van der Waals surface area contributed by atoms with Crippen LogP contribution in [-0.2, 0) is 4.79 Å². The van der Waals surface area contributed by atoms with Gasteiger partial charge < -0.3 is 5.11 Å². The summed E-state index contributed by atoms with van der Waals surface area (Å²) in [6.07, 6.45) is 1.55. The topological polar surface area (TPSA) is 37.3 Å². The van der Waals surface area contributed by atoms with Crippen molar-refractivity contribution in [2.45, 2.75) is 25.7 Å². The van der Waals surface area contributed by atoms with Crippen LogP contribution in [-0.4, -0.2) is 10.9 Å². The molecular weight excluding hydrogens is 164 g/mol. The van der Waals surface area contributed by atoms with Crippen molar-refractivity contribution >= 4 is 5.78 Å². The zero-order chi connectivity index (χ0) is 9.42. The highest BCUT2D eigenvalue weighted by atomic mass is 16.3. The molecule has 1 aromatic carbocycles. The molecule has 68 valence electrons. The fourth-order valence-corrected chi connectivity index (χ4v) is 1.70. The molecule has 0 bridgehead atoms. The number of hydrogen-bond acceptors (Lipinski definition) is 2. The second-order valence-electron chi connectivity index (χ2n) is 3.57. The number of aromatic hydroxyl groups is 1. The van der Waals surface area contributed by atoms with Crippen molar-refractivity contribution < 1.29 is 9.90 Å². The number of phenolic OH excluding ortho intramolecular Hbond substituents is 1. The van der Waals surface area contributed by atoms with Gasteiger partial charge in [0.15, 0.2) is 0 Å². The number of para-hydroxylation sites is 1. The number of carbonyl (C=O) groups is 1. The van der Waals surface area contributed by atoms with Gasteiger partial charge in [0.25, 0.3) is 0 Å². The van der Waals surface area contributed by atoms with Gasteiger partial charge in [0, 0.05) is 17.9 Å². The normalized spacial score (nSPS) is 21.3. The number of aryl methyl sites for hydroxylation is 1. The van der Waals surface area contributed by atoms with Crippen LogP contribution in [0.5, 0.6) is 5.75 Å². The first-order valence-electron chi connectivity index (χ1n) is 4.51. The van der Waals surface area contributed by atoms with Crippen LogP contribution >= 0.6 is 0 Å². The van der Waals surface area contributed by atoms with Gasteiger partial charge in [0.2, 0.25) is 0 Å². The van der Waals surface area contributed by atoms with E-state index < -0.39 is 0 Å². The van der Waals surface area contributed by atoms with Crippen molar-refractivity contribution in [3.63, 3.8) is 0 Å². The van der Waals surface area contributed by atoms with Gasteiger partial charge in [-0.15, -0.1) is 0 Å². The van der Waals surface area contributed by atoms with Crippen molar-refractivity contribution in [3.05, 3.63) is 29.3 Å². The molecule has 1 aromatic rings. The molecule has 13 heavy (non-hydrogen) atoms. The summed E-state index contributed by atoms with van der Waals surface area (Å²) in [6.45, 7) is 1.85. The highest BCUT2D eigenvalue weighted by Crippen LogP contribution is 2.38. The van der Waals surface area contributed by atoms with Gasteiger partial charge in [-0.3, -0.25) is 4.79 Å². The molecule has 1 aliphatic rings. The molecule has 0 radical (unpaired) electrons. The third-order valence-electron chi connectivity index (χ3n) is 2.71. The Hall–Kier alpha value is -1.31. The second-order valence-corrected chi connectivity index (χ2v) is 3.57. The van der Waals surface area contributed by atoms with Crippen LogP contribution in [0.3, 0.4) is 0 Å². The standard InChI is InChI=1S/C11H12O2/c1-7-3-2-4-9(11(7)13)8-5-6-10(8)12/h2-4,8,13H,5-6H2,1H3. The van der Waals surface area contributed by atoms with E-state index in [0.29, 0.717) is 12.2 Å². The maximum atomic E-state index is 11.2. The molecule has 0 saturated heterocycles. The fourth-order valence-electron chi connectivity index (χ4n) is 1.70. The predicted octanol–water partition coefficient (Wildman–Crippen LogP) is 2.15. The Morgan fingerprint density at radius 2 is 2.23 bits per heavy atom. The molecule has 1 aliphatic carbocycles. The van der Waals surface area contributed by atoms with Crippen LogP contribution in [0.1, 0.15) is 29.9 Å². The Labute approximate surface area is 77.2 Å². The number of phenols is 1. The molecule has 2 rings (SSSR count). The summed E-state index contributed by atoms with van der Waals surface area (Å²) in [5.41, 5.74) is 1.65. The van der Waals surface area contributed by atoms with E-state index in [9.17, 15) is 9.90 Å². The molecule has 1 unspecified atom stereocenters. The lowest BCUT2D eigenvalue weighted by atomic mass is 9.78. The minimum Gasteiger partial charge on any atom is -0.507 e. The van der Waals surface area contributed by atoms with E-state index in [1.807, 2.05) is 25.1 Å². The summed E-state index contributed by atoms with van der Waals surface area (Å²) in [6, 6.07) is 5.57. The Balaban J connectivity index is 2.40. The summed E-state index contributed by atoms with van der Waals surface area (Å²) < 4.78 is 0. The Morgan fingerprint density at radius 3 is 2.77 bits per heavy atom. The summed E-state index contributed by atoms with van der Waals surface area (Å²) >= 11 is 0. The highest BCUT2D eigenvalue weighted by Gasteiger charge is 2.31. The molecule has 1 atom stereocenters. The average Bonchev–Trinajstić information content (AvgIpc) is 2.10. The number of hydrogen-bond donors (Lipinski definition) is 1. The molecule has 0 amide bonds. The molecule has 0 aromatic heterocycles. The zero-order valence-electron chi connectivity index (χ0n) is 7.58. The minimum atomic E-state index is -0.0418.